The molecule has 0 radical (unpaired) electrons. The maximum atomic E-state index is 13.6. The largest absolute Gasteiger partial charge is 0.475 e. The van der Waals surface area contributed by atoms with Crippen molar-refractivity contribution >= 4 is 22.6 Å². The molecule has 5 rings (SSSR count). The number of amides is 1. The lowest BCUT2D eigenvalue weighted by molar-refractivity contribution is 0.0945. The molecule has 1 N–H and O–H groups in total. The van der Waals surface area contributed by atoms with Gasteiger partial charge in [0.1, 0.15) is 23.6 Å². The van der Waals surface area contributed by atoms with Crippen LogP contribution in [0.3, 0.4) is 0 Å². The second-order valence-corrected chi connectivity index (χ2v) is 8.06. The van der Waals surface area contributed by atoms with E-state index in [1.54, 1.807) is 41.0 Å². The van der Waals surface area contributed by atoms with Crippen molar-refractivity contribution in [3.63, 3.8) is 0 Å². The molecule has 1 amide bonds. The Hall–Kier alpha value is -4.67. The van der Waals surface area contributed by atoms with Crippen LogP contribution >= 0.6 is 0 Å². The highest BCUT2D eigenvalue weighted by Crippen LogP contribution is 2.19. The summed E-state index contributed by atoms with van der Waals surface area (Å²) < 4.78 is 22.5. The fraction of sp³-hybridized carbons (Fsp3) is 0.200. The highest BCUT2D eigenvalue weighted by atomic mass is 19.1. The fourth-order valence-corrected chi connectivity index (χ4v) is 3.83. The van der Waals surface area contributed by atoms with Crippen LogP contribution in [0.15, 0.2) is 59.5 Å². The monoisotopic (exact) mass is 487 g/mol. The van der Waals surface area contributed by atoms with Gasteiger partial charge in [-0.05, 0) is 44.2 Å². The summed E-state index contributed by atoms with van der Waals surface area (Å²) in [5.74, 6) is -0.245. The van der Waals surface area contributed by atoms with E-state index in [0.29, 0.717) is 34.6 Å². The smallest absolute Gasteiger partial charge is 0.256 e. The number of aromatic nitrogens is 6. The molecule has 11 heteroatoms. The molecule has 5 aromatic rings. The van der Waals surface area contributed by atoms with Crippen molar-refractivity contribution in [2.45, 2.75) is 20.4 Å². The van der Waals surface area contributed by atoms with Crippen LogP contribution in [0.25, 0.3) is 28.1 Å². The van der Waals surface area contributed by atoms with Gasteiger partial charge < -0.3 is 14.6 Å². The van der Waals surface area contributed by atoms with Gasteiger partial charge in [0.15, 0.2) is 11.5 Å². The summed E-state index contributed by atoms with van der Waals surface area (Å²) in [6.07, 6.45) is 1.53. The molecule has 4 heterocycles. The number of ether oxygens (including phenoxy) is 1. The van der Waals surface area contributed by atoms with Crippen molar-refractivity contribution < 1.29 is 13.9 Å². The van der Waals surface area contributed by atoms with Gasteiger partial charge in [0.25, 0.3) is 5.91 Å². The number of nitrogens with zero attached hydrogens (tertiary/aromatic N) is 6. The third kappa shape index (κ3) is 4.38. The quantitative estimate of drug-likeness (QED) is 0.351. The number of carbonyl (C=O) groups is 1. The molecule has 182 valence electrons. The molecule has 0 spiro atoms. The topological polar surface area (TPSA) is 116 Å². The van der Waals surface area contributed by atoms with Gasteiger partial charge in [-0.2, -0.15) is 4.52 Å². The molecule has 0 bridgehead atoms. The fourth-order valence-electron chi connectivity index (χ4n) is 3.83. The zero-order valence-electron chi connectivity index (χ0n) is 19.6. The zero-order valence-corrected chi connectivity index (χ0v) is 19.6. The predicted molar refractivity (Wildman–Crippen MR) is 130 cm³/mol. The Morgan fingerprint density at radius 1 is 1.14 bits per heavy atom. The molecule has 10 nitrogen and oxygen atoms in total. The minimum absolute atomic E-state index is 0.0405. The maximum absolute atomic E-state index is 13.6. The van der Waals surface area contributed by atoms with Gasteiger partial charge in [-0.3, -0.25) is 9.59 Å². The average molecular weight is 487 g/mol. The molecule has 4 aromatic heterocycles. The highest BCUT2D eigenvalue weighted by Gasteiger charge is 2.16. The van der Waals surface area contributed by atoms with E-state index >= 15 is 0 Å². The molecule has 0 saturated carbocycles. The number of aryl methyl sites for hydroxylation is 2. The van der Waals surface area contributed by atoms with Gasteiger partial charge >= 0.3 is 0 Å². The lowest BCUT2D eigenvalue weighted by Gasteiger charge is -2.12. The summed E-state index contributed by atoms with van der Waals surface area (Å²) in [6.45, 7) is 4.59. The third-order valence-electron chi connectivity index (χ3n) is 5.60. The van der Waals surface area contributed by atoms with Gasteiger partial charge in [0.2, 0.25) is 11.3 Å². The molecule has 0 aliphatic heterocycles. The first-order valence-electron chi connectivity index (χ1n) is 11.3. The summed E-state index contributed by atoms with van der Waals surface area (Å²) >= 11 is 0. The van der Waals surface area contributed by atoms with Crippen LogP contribution in [0.1, 0.15) is 23.0 Å². The standard InChI is InChI=1S/C25H22FN7O3/c1-3-32-14-19(22(34)18-8-7-15(2)28-24(18)32)25(35)27-11-12-36-21-10-9-20-29-30-23(33(20)31-21)16-5-4-6-17(26)13-16/h4-10,13-14H,3,11-12H2,1-2H3,(H,27,35). The number of hydrogen-bond donors (Lipinski definition) is 1. The SMILES string of the molecule is CCn1cc(C(=O)NCCOc2ccc3nnc(-c4cccc(F)c4)n3n2)c(=O)c2ccc(C)nc21. The average Bonchev–Trinajstić information content (AvgIpc) is 3.30. The van der Waals surface area contributed by atoms with Crippen LogP contribution < -0.4 is 15.5 Å². The Labute approximate surface area is 204 Å². The zero-order chi connectivity index (χ0) is 25.2. The van der Waals surface area contributed by atoms with Crippen LogP contribution in [0.4, 0.5) is 4.39 Å². The Kier molecular flexibility index (Phi) is 6.11. The molecular weight excluding hydrogens is 465 g/mol. The molecular formula is C25H22FN7O3. The van der Waals surface area contributed by atoms with E-state index in [1.807, 2.05) is 13.8 Å². The lowest BCUT2D eigenvalue weighted by Crippen LogP contribution is -2.32. The Morgan fingerprint density at radius 3 is 2.81 bits per heavy atom. The van der Waals surface area contributed by atoms with Gasteiger partial charge in [-0.25, -0.2) is 9.37 Å². The van der Waals surface area contributed by atoms with Crippen LogP contribution in [0.5, 0.6) is 5.88 Å². The van der Waals surface area contributed by atoms with E-state index in [1.165, 1.54) is 22.8 Å². The number of hydrogen-bond acceptors (Lipinski definition) is 7. The van der Waals surface area contributed by atoms with Crippen molar-refractivity contribution in [2.24, 2.45) is 0 Å². The highest BCUT2D eigenvalue weighted by molar-refractivity contribution is 5.96. The molecule has 1 aromatic carbocycles. The van der Waals surface area contributed by atoms with Crippen LogP contribution in [0.2, 0.25) is 0 Å². The molecule has 0 saturated heterocycles. The van der Waals surface area contributed by atoms with E-state index in [0.717, 1.165) is 5.69 Å². The van der Waals surface area contributed by atoms with E-state index in [2.05, 4.69) is 25.6 Å². The third-order valence-corrected chi connectivity index (χ3v) is 5.60. The molecule has 0 atom stereocenters. The number of benzene rings is 1. The van der Waals surface area contributed by atoms with Gasteiger partial charge in [0, 0.05) is 30.1 Å². The first kappa shape index (κ1) is 23.1. The summed E-state index contributed by atoms with van der Waals surface area (Å²) in [5, 5.41) is 15.6. The van der Waals surface area contributed by atoms with E-state index in [-0.39, 0.29) is 30.0 Å². The molecule has 0 aliphatic carbocycles. The Bertz CT molecular complexity index is 1660. The normalized spacial score (nSPS) is 11.2. The first-order chi connectivity index (χ1) is 17.4. The number of carbonyl (C=O) groups excluding carboxylic acids is 1. The second kappa shape index (κ2) is 9.53. The predicted octanol–water partition coefficient (Wildman–Crippen LogP) is 2.78. The number of halogens is 1. The molecule has 0 aliphatic rings. The summed E-state index contributed by atoms with van der Waals surface area (Å²) in [5.41, 5.74) is 2.01. The van der Waals surface area contributed by atoms with Crippen LogP contribution in [-0.2, 0) is 6.54 Å². The van der Waals surface area contributed by atoms with Crippen LogP contribution in [0, 0.1) is 12.7 Å². The number of rotatable bonds is 7. The van der Waals surface area contributed by atoms with E-state index in [4.69, 9.17) is 4.74 Å². The van der Waals surface area contributed by atoms with E-state index < -0.39 is 11.7 Å². The lowest BCUT2D eigenvalue weighted by atomic mass is 10.1. The molecule has 0 unspecified atom stereocenters. The van der Waals surface area contributed by atoms with Crippen molar-refractivity contribution in [3.8, 4) is 17.3 Å². The maximum Gasteiger partial charge on any atom is 0.256 e. The number of fused-ring (bicyclic) bond motifs is 2. The number of pyridine rings is 2. The van der Waals surface area contributed by atoms with Gasteiger partial charge in [-0.1, -0.05) is 12.1 Å². The minimum atomic E-state index is -0.496. The van der Waals surface area contributed by atoms with Crippen molar-refractivity contribution in [1.29, 1.82) is 0 Å². The van der Waals surface area contributed by atoms with Crippen molar-refractivity contribution in [2.75, 3.05) is 13.2 Å². The van der Waals surface area contributed by atoms with Crippen molar-refractivity contribution in [1.82, 2.24) is 34.7 Å². The second-order valence-electron chi connectivity index (χ2n) is 8.06. The van der Waals surface area contributed by atoms with Crippen molar-refractivity contribution in [3.05, 3.63) is 82.0 Å². The Balaban J connectivity index is 1.28. The summed E-state index contributed by atoms with van der Waals surface area (Å²) in [6, 6.07) is 12.7. The summed E-state index contributed by atoms with van der Waals surface area (Å²) in [4.78, 5) is 30.1. The van der Waals surface area contributed by atoms with Gasteiger partial charge in [-0.15, -0.1) is 15.3 Å². The minimum Gasteiger partial charge on any atom is -0.475 e. The molecule has 0 fully saturated rings. The molecule has 36 heavy (non-hydrogen) atoms. The van der Waals surface area contributed by atoms with Gasteiger partial charge in [0.05, 0.1) is 11.9 Å². The van der Waals surface area contributed by atoms with Crippen LogP contribution in [-0.4, -0.2) is 48.4 Å². The number of nitrogens with one attached hydrogen (secondary N) is 1. The Morgan fingerprint density at radius 2 is 2.00 bits per heavy atom. The first-order valence-corrected chi connectivity index (χ1v) is 11.3. The summed E-state index contributed by atoms with van der Waals surface area (Å²) in [7, 11) is 0. The van der Waals surface area contributed by atoms with E-state index in [9.17, 15) is 14.0 Å².